The summed E-state index contributed by atoms with van der Waals surface area (Å²) in [5, 5.41) is 3.31. The Hall–Kier alpha value is -3.11. The van der Waals surface area contributed by atoms with Gasteiger partial charge in [0.05, 0.1) is 35.8 Å². The molecule has 4 aromatic rings. The number of carbonyl (C=O) groups excluding carboxylic acids is 2. The monoisotopic (exact) mass is 411 g/mol. The van der Waals surface area contributed by atoms with Crippen molar-refractivity contribution in [2.75, 3.05) is 11.9 Å². The van der Waals surface area contributed by atoms with Crippen LogP contribution in [0.5, 0.6) is 0 Å². The summed E-state index contributed by atoms with van der Waals surface area (Å²) in [6, 6.07) is 6.97. The quantitative estimate of drug-likeness (QED) is 0.556. The number of amides is 2. The van der Waals surface area contributed by atoms with Crippen LogP contribution in [0.1, 0.15) is 31.3 Å². The molecule has 0 atom stereocenters. The van der Waals surface area contributed by atoms with Gasteiger partial charge in [-0.2, -0.15) is 8.75 Å². The van der Waals surface area contributed by atoms with Gasteiger partial charge in [0.25, 0.3) is 11.8 Å². The first-order chi connectivity index (χ1) is 13.7. The maximum atomic E-state index is 12.9. The molecule has 0 radical (unpaired) electrons. The van der Waals surface area contributed by atoms with Crippen molar-refractivity contribution >= 4 is 51.0 Å². The Morgan fingerprint density at radius 2 is 2.04 bits per heavy atom. The van der Waals surface area contributed by atoms with E-state index >= 15 is 0 Å². The van der Waals surface area contributed by atoms with Crippen molar-refractivity contribution in [2.24, 2.45) is 0 Å². The Morgan fingerprint density at radius 3 is 2.89 bits per heavy atom. The number of hydrogen-bond donors (Lipinski definition) is 1. The second-order valence-corrected chi connectivity index (χ2v) is 7.91. The minimum absolute atomic E-state index is 0.0436. The fourth-order valence-corrected chi connectivity index (χ4v) is 4.62. The number of anilines is 1. The third-order valence-electron chi connectivity index (χ3n) is 4.52. The lowest BCUT2D eigenvalue weighted by molar-refractivity contribution is 0.0736. The van der Waals surface area contributed by atoms with Crippen LogP contribution in [0.15, 0.2) is 41.2 Å². The minimum atomic E-state index is -0.266. The van der Waals surface area contributed by atoms with Gasteiger partial charge < -0.3 is 9.32 Å². The molecule has 2 amide bonds. The molecule has 0 saturated heterocycles. The van der Waals surface area contributed by atoms with E-state index in [0.29, 0.717) is 35.8 Å². The normalized spacial score (nSPS) is 13.5. The predicted molar refractivity (Wildman–Crippen MR) is 105 cm³/mol. The summed E-state index contributed by atoms with van der Waals surface area (Å²) in [5.41, 5.74) is 3.49. The fraction of sp³-hybridized carbons (Fsp3) is 0.167. The molecule has 3 aromatic heterocycles. The highest BCUT2D eigenvalue weighted by atomic mass is 32.1. The van der Waals surface area contributed by atoms with E-state index in [1.54, 1.807) is 23.1 Å². The van der Waals surface area contributed by atoms with Gasteiger partial charge in [0, 0.05) is 23.4 Å². The maximum absolute atomic E-state index is 12.9. The van der Waals surface area contributed by atoms with Crippen LogP contribution in [0.2, 0.25) is 0 Å². The number of rotatable bonds is 3. The molecule has 1 aliphatic heterocycles. The SMILES string of the molecule is O=C(Nc1nc2c(s1)CN(C(=O)c1ccc3nsnc3c1)CC2)c1ccoc1. The van der Waals surface area contributed by atoms with E-state index in [4.69, 9.17) is 4.42 Å². The van der Waals surface area contributed by atoms with Crippen LogP contribution in [-0.2, 0) is 13.0 Å². The number of fused-ring (bicyclic) bond motifs is 2. The molecule has 0 bridgehead atoms. The molecule has 1 aromatic carbocycles. The van der Waals surface area contributed by atoms with Crippen molar-refractivity contribution < 1.29 is 14.0 Å². The summed E-state index contributed by atoms with van der Waals surface area (Å²) in [6.07, 6.45) is 3.49. The van der Waals surface area contributed by atoms with E-state index in [1.807, 2.05) is 6.07 Å². The van der Waals surface area contributed by atoms with Gasteiger partial charge in [0.1, 0.15) is 17.3 Å². The summed E-state index contributed by atoms with van der Waals surface area (Å²) in [6.45, 7) is 1.05. The smallest absolute Gasteiger partial charge is 0.260 e. The molecular formula is C18H13N5O3S2. The first kappa shape index (κ1) is 17.0. The summed E-state index contributed by atoms with van der Waals surface area (Å²) in [5.74, 6) is -0.309. The molecule has 28 heavy (non-hydrogen) atoms. The van der Waals surface area contributed by atoms with Gasteiger partial charge in [-0.15, -0.1) is 0 Å². The van der Waals surface area contributed by atoms with Gasteiger partial charge in [-0.25, -0.2) is 4.98 Å². The molecular weight excluding hydrogens is 398 g/mol. The molecule has 0 saturated carbocycles. The van der Waals surface area contributed by atoms with Crippen molar-refractivity contribution in [3.63, 3.8) is 0 Å². The summed E-state index contributed by atoms with van der Waals surface area (Å²) >= 11 is 2.53. The van der Waals surface area contributed by atoms with E-state index in [0.717, 1.165) is 33.3 Å². The molecule has 0 aliphatic carbocycles. The van der Waals surface area contributed by atoms with Gasteiger partial charge in [-0.3, -0.25) is 14.9 Å². The molecule has 140 valence electrons. The number of nitrogens with zero attached hydrogens (tertiary/aromatic N) is 4. The molecule has 10 heteroatoms. The number of carbonyl (C=O) groups is 2. The van der Waals surface area contributed by atoms with E-state index in [-0.39, 0.29) is 11.8 Å². The van der Waals surface area contributed by atoms with Gasteiger partial charge in [0.15, 0.2) is 5.13 Å². The van der Waals surface area contributed by atoms with Crippen molar-refractivity contribution in [2.45, 2.75) is 13.0 Å². The Kier molecular flexibility index (Phi) is 4.14. The van der Waals surface area contributed by atoms with E-state index in [1.165, 1.54) is 23.9 Å². The largest absolute Gasteiger partial charge is 0.472 e. The zero-order valence-corrected chi connectivity index (χ0v) is 16.0. The highest BCUT2D eigenvalue weighted by molar-refractivity contribution is 7.15. The number of hydrogen-bond acceptors (Lipinski definition) is 8. The first-order valence-corrected chi connectivity index (χ1v) is 10.1. The molecule has 5 rings (SSSR count). The van der Waals surface area contributed by atoms with Crippen LogP contribution in [0, 0.1) is 0 Å². The van der Waals surface area contributed by atoms with Crippen molar-refractivity contribution in [1.29, 1.82) is 0 Å². The third kappa shape index (κ3) is 3.06. The predicted octanol–water partition coefficient (Wildman–Crippen LogP) is 3.19. The highest BCUT2D eigenvalue weighted by Crippen LogP contribution is 2.29. The number of benzene rings is 1. The number of furan rings is 1. The number of nitrogens with one attached hydrogen (secondary N) is 1. The summed E-state index contributed by atoms with van der Waals surface area (Å²) < 4.78 is 13.3. The second kappa shape index (κ2) is 6.80. The van der Waals surface area contributed by atoms with E-state index in [9.17, 15) is 9.59 Å². The average molecular weight is 411 g/mol. The minimum Gasteiger partial charge on any atom is -0.472 e. The fourth-order valence-electron chi connectivity index (χ4n) is 3.08. The molecule has 4 heterocycles. The molecule has 0 spiro atoms. The molecule has 0 fully saturated rings. The van der Waals surface area contributed by atoms with Crippen LogP contribution in [-0.4, -0.2) is 37.0 Å². The lowest BCUT2D eigenvalue weighted by atomic mass is 10.1. The lowest BCUT2D eigenvalue weighted by Crippen LogP contribution is -2.35. The van der Waals surface area contributed by atoms with Crippen molar-refractivity contribution in [3.05, 3.63) is 58.5 Å². The zero-order chi connectivity index (χ0) is 19.1. The maximum Gasteiger partial charge on any atom is 0.260 e. The molecule has 1 N–H and O–H groups in total. The zero-order valence-electron chi connectivity index (χ0n) is 14.4. The average Bonchev–Trinajstić information content (AvgIpc) is 3.45. The Labute approximate surface area is 167 Å². The van der Waals surface area contributed by atoms with Crippen LogP contribution >= 0.6 is 23.1 Å². The topological polar surface area (TPSA) is 101 Å². The van der Waals surface area contributed by atoms with E-state index in [2.05, 4.69) is 19.0 Å². The third-order valence-corrected chi connectivity index (χ3v) is 6.08. The van der Waals surface area contributed by atoms with Crippen molar-refractivity contribution in [1.82, 2.24) is 18.6 Å². The first-order valence-electron chi connectivity index (χ1n) is 8.51. The van der Waals surface area contributed by atoms with Crippen LogP contribution in [0.4, 0.5) is 5.13 Å². The van der Waals surface area contributed by atoms with Crippen LogP contribution in [0.3, 0.4) is 0 Å². The summed E-state index contributed by atoms with van der Waals surface area (Å²) in [7, 11) is 0. The standard InChI is InChI=1S/C18H13N5O3S2/c24-16(11-4-6-26-9-11)20-18-19-13-3-5-23(8-15(13)27-18)17(25)10-1-2-12-14(7-10)22-28-21-12/h1-2,4,6-7,9H,3,5,8H2,(H,19,20,24). The molecule has 0 unspecified atom stereocenters. The Morgan fingerprint density at radius 1 is 1.14 bits per heavy atom. The van der Waals surface area contributed by atoms with Gasteiger partial charge in [0.2, 0.25) is 0 Å². The van der Waals surface area contributed by atoms with E-state index < -0.39 is 0 Å². The second-order valence-electron chi connectivity index (χ2n) is 6.30. The van der Waals surface area contributed by atoms with Crippen molar-refractivity contribution in [3.8, 4) is 0 Å². The highest BCUT2D eigenvalue weighted by Gasteiger charge is 2.26. The Bertz CT molecular complexity index is 1180. The lowest BCUT2D eigenvalue weighted by Gasteiger charge is -2.26. The van der Waals surface area contributed by atoms with Crippen LogP contribution < -0.4 is 5.32 Å². The Balaban J connectivity index is 1.32. The number of thiazole rings is 1. The summed E-state index contributed by atoms with van der Waals surface area (Å²) in [4.78, 5) is 32.3. The van der Waals surface area contributed by atoms with Gasteiger partial charge in [-0.1, -0.05) is 11.3 Å². The molecule has 8 nitrogen and oxygen atoms in total. The number of aromatic nitrogens is 3. The van der Waals surface area contributed by atoms with Gasteiger partial charge in [-0.05, 0) is 24.3 Å². The van der Waals surface area contributed by atoms with Gasteiger partial charge >= 0.3 is 0 Å². The molecule has 1 aliphatic rings. The van der Waals surface area contributed by atoms with Crippen LogP contribution in [0.25, 0.3) is 11.0 Å².